The highest BCUT2D eigenvalue weighted by atomic mass is 16.6. The Morgan fingerprint density at radius 1 is 1.30 bits per heavy atom. The third-order valence-electron chi connectivity index (χ3n) is 1.96. The average Bonchev–Trinajstić information content (AvgIpc) is 2.62. The van der Waals surface area contributed by atoms with E-state index in [1.165, 1.54) is 12.8 Å². The summed E-state index contributed by atoms with van der Waals surface area (Å²) < 4.78 is 10.7. The lowest BCUT2D eigenvalue weighted by atomic mass is 10.2. The highest BCUT2D eigenvalue weighted by Gasteiger charge is 2.32. The maximum absolute atomic E-state index is 5.71. The van der Waals surface area contributed by atoms with Gasteiger partial charge in [0.15, 0.2) is 0 Å². The topological polar surface area (TPSA) is 44.5 Å². The fraction of sp³-hybridized carbons (Fsp3) is 1.00. The van der Waals surface area contributed by atoms with E-state index in [-0.39, 0.29) is 12.1 Å². The first-order valence-electron chi connectivity index (χ1n) is 3.85. The van der Waals surface area contributed by atoms with Crippen LogP contribution >= 0.6 is 0 Å². The second kappa shape index (κ2) is 2.49. The summed E-state index contributed by atoms with van der Waals surface area (Å²) in [6.45, 7) is 1.36. The summed E-state index contributed by atoms with van der Waals surface area (Å²) in [5, 5.41) is 0. The highest BCUT2D eigenvalue weighted by Crippen LogP contribution is 2.26. The van der Waals surface area contributed by atoms with Crippen LogP contribution in [-0.4, -0.2) is 31.5 Å². The molecule has 0 radical (unpaired) electrons. The van der Waals surface area contributed by atoms with Crippen LogP contribution in [0.5, 0.6) is 0 Å². The van der Waals surface area contributed by atoms with E-state index in [1.54, 1.807) is 0 Å². The van der Waals surface area contributed by atoms with Crippen LogP contribution in [0.25, 0.3) is 0 Å². The average molecular weight is 143 g/mol. The van der Waals surface area contributed by atoms with Crippen LogP contribution in [-0.2, 0) is 9.47 Å². The SMILES string of the molecule is N[C@@H]1COC[C@@H]1OC1CC1. The third kappa shape index (κ3) is 1.31. The van der Waals surface area contributed by atoms with Crippen molar-refractivity contribution in [2.24, 2.45) is 5.73 Å². The van der Waals surface area contributed by atoms with E-state index in [0.29, 0.717) is 19.3 Å². The van der Waals surface area contributed by atoms with Gasteiger partial charge in [0, 0.05) is 0 Å². The molecule has 0 aromatic rings. The summed E-state index contributed by atoms with van der Waals surface area (Å²) in [4.78, 5) is 0. The first kappa shape index (κ1) is 6.58. The van der Waals surface area contributed by atoms with Gasteiger partial charge in [0.1, 0.15) is 0 Å². The van der Waals surface area contributed by atoms with E-state index in [9.17, 15) is 0 Å². The van der Waals surface area contributed by atoms with Gasteiger partial charge in [-0.05, 0) is 12.8 Å². The lowest BCUT2D eigenvalue weighted by Gasteiger charge is -2.12. The van der Waals surface area contributed by atoms with Crippen molar-refractivity contribution in [3.63, 3.8) is 0 Å². The zero-order valence-electron chi connectivity index (χ0n) is 5.95. The molecule has 1 heterocycles. The van der Waals surface area contributed by atoms with Gasteiger partial charge in [-0.1, -0.05) is 0 Å². The van der Waals surface area contributed by atoms with Crippen LogP contribution in [0.4, 0.5) is 0 Å². The Kier molecular flexibility index (Phi) is 1.64. The van der Waals surface area contributed by atoms with Crippen LogP contribution in [0.3, 0.4) is 0 Å². The molecule has 3 nitrogen and oxygen atoms in total. The Balaban J connectivity index is 1.79. The Hall–Kier alpha value is -0.120. The molecule has 1 saturated heterocycles. The van der Waals surface area contributed by atoms with Crippen molar-refractivity contribution in [3.05, 3.63) is 0 Å². The largest absolute Gasteiger partial charge is 0.377 e. The molecule has 2 atom stereocenters. The standard InChI is InChI=1S/C7H13NO2/c8-6-3-9-4-7(6)10-5-1-2-5/h5-7H,1-4,8H2/t6-,7+/m1/s1. The minimum Gasteiger partial charge on any atom is -0.377 e. The normalized spacial score (nSPS) is 40.5. The summed E-state index contributed by atoms with van der Waals surface area (Å²) >= 11 is 0. The summed E-state index contributed by atoms with van der Waals surface area (Å²) in [5.41, 5.74) is 5.71. The zero-order valence-corrected chi connectivity index (χ0v) is 5.95. The number of rotatable bonds is 2. The Bertz CT molecular complexity index is 125. The number of hydrogen-bond donors (Lipinski definition) is 1. The van der Waals surface area contributed by atoms with Crippen molar-refractivity contribution in [1.82, 2.24) is 0 Å². The predicted octanol–water partition coefficient (Wildman–Crippen LogP) is -0.109. The number of hydrogen-bond acceptors (Lipinski definition) is 3. The van der Waals surface area contributed by atoms with E-state index in [1.807, 2.05) is 0 Å². The molecule has 2 fully saturated rings. The quantitative estimate of drug-likeness (QED) is 0.586. The molecule has 1 aliphatic heterocycles. The van der Waals surface area contributed by atoms with Gasteiger partial charge in [-0.2, -0.15) is 0 Å². The van der Waals surface area contributed by atoms with Gasteiger partial charge in [0.05, 0.1) is 31.5 Å². The van der Waals surface area contributed by atoms with E-state index in [4.69, 9.17) is 15.2 Å². The molecule has 3 heteroatoms. The van der Waals surface area contributed by atoms with Crippen molar-refractivity contribution in [1.29, 1.82) is 0 Å². The fourth-order valence-corrected chi connectivity index (χ4v) is 1.14. The van der Waals surface area contributed by atoms with Crippen LogP contribution < -0.4 is 5.73 Å². The summed E-state index contributed by atoms with van der Waals surface area (Å²) in [5.74, 6) is 0. The van der Waals surface area contributed by atoms with Gasteiger partial charge in [-0.15, -0.1) is 0 Å². The van der Waals surface area contributed by atoms with Crippen molar-refractivity contribution in [3.8, 4) is 0 Å². The molecular formula is C7H13NO2. The van der Waals surface area contributed by atoms with Crippen molar-refractivity contribution in [2.75, 3.05) is 13.2 Å². The maximum atomic E-state index is 5.71. The molecule has 2 aliphatic rings. The Morgan fingerprint density at radius 2 is 2.10 bits per heavy atom. The second-order valence-corrected chi connectivity index (χ2v) is 3.08. The molecular weight excluding hydrogens is 130 g/mol. The Morgan fingerprint density at radius 3 is 2.60 bits per heavy atom. The van der Waals surface area contributed by atoms with Gasteiger partial charge < -0.3 is 15.2 Å². The Labute approximate surface area is 60.5 Å². The van der Waals surface area contributed by atoms with E-state index >= 15 is 0 Å². The molecule has 0 spiro atoms. The third-order valence-corrected chi connectivity index (χ3v) is 1.96. The lowest BCUT2D eigenvalue weighted by molar-refractivity contribution is 0.0260. The van der Waals surface area contributed by atoms with E-state index in [2.05, 4.69) is 0 Å². The van der Waals surface area contributed by atoms with E-state index < -0.39 is 0 Å². The molecule has 2 rings (SSSR count). The van der Waals surface area contributed by atoms with E-state index in [0.717, 1.165) is 0 Å². The molecule has 0 bridgehead atoms. The minimum absolute atomic E-state index is 0.112. The van der Waals surface area contributed by atoms with Gasteiger partial charge in [-0.25, -0.2) is 0 Å². The van der Waals surface area contributed by atoms with Gasteiger partial charge in [-0.3, -0.25) is 0 Å². The minimum atomic E-state index is 0.112. The summed E-state index contributed by atoms with van der Waals surface area (Å²) in [6.07, 6.45) is 3.09. The first-order valence-corrected chi connectivity index (χ1v) is 3.85. The second-order valence-electron chi connectivity index (χ2n) is 3.08. The first-order chi connectivity index (χ1) is 4.86. The monoisotopic (exact) mass is 143 g/mol. The smallest absolute Gasteiger partial charge is 0.0985 e. The molecule has 1 saturated carbocycles. The highest BCUT2D eigenvalue weighted by molar-refractivity contribution is 4.83. The van der Waals surface area contributed by atoms with Crippen LogP contribution in [0, 0.1) is 0 Å². The lowest BCUT2D eigenvalue weighted by Crippen LogP contribution is -2.35. The molecule has 10 heavy (non-hydrogen) atoms. The fourth-order valence-electron chi connectivity index (χ4n) is 1.14. The van der Waals surface area contributed by atoms with Crippen molar-refractivity contribution in [2.45, 2.75) is 31.1 Å². The van der Waals surface area contributed by atoms with Gasteiger partial charge in [0.2, 0.25) is 0 Å². The number of ether oxygens (including phenoxy) is 2. The van der Waals surface area contributed by atoms with Gasteiger partial charge >= 0.3 is 0 Å². The van der Waals surface area contributed by atoms with Crippen LogP contribution in [0.15, 0.2) is 0 Å². The van der Waals surface area contributed by atoms with Crippen LogP contribution in [0.1, 0.15) is 12.8 Å². The van der Waals surface area contributed by atoms with Gasteiger partial charge in [0.25, 0.3) is 0 Å². The maximum Gasteiger partial charge on any atom is 0.0985 e. The number of nitrogens with two attached hydrogens (primary N) is 1. The molecule has 1 aliphatic carbocycles. The molecule has 0 unspecified atom stereocenters. The predicted molar refractivity (Wildman–Crippen MR) is 36.7 cm³/mol. The van der Waals surface area contributed by atoms with Crippen molar-refractivity contribution < 1.29 is 9.47 Å². The molecule has 2 N–H and O–H groups in total. The molecule has 0 aromatic carbocycles. The molecule has 0 aromatic heterocycles. The molecule has 0 amide bonds. The van der Waals surface area contributed by atoms with Crippen LogP contribution in [0.2, 0.25) is 0 Å². The summed E-state index contributed by atoms with van der Waals surface area (Å²) in [6, 6.07) is 0.112. The zero-order chi connectivity index (χ0) is 6.97. The molecule has 58 valence electrons. The van der Waals surface area contributed by atoms with Crippen molar-refractivity contribution >= 4 is 0 Å². The summed E-state index contributed by atoms with van der Waals surface area (Å²) in [7, 11) is 0.